The van der Waals surface area contributed by atoms with E-state index in [0.717, 1.165) is 30.2 Å². The van der Waals surface area contributed by atoms with E-state index in [1.165, 1.54) is 0 Å². The number of aryl methyl sites for hydroxylation is 2. The number of nitrogens with zero attached hydrogens (tertiary/aromatic N) is 3. The van der Waals surface area contributed by atoms with Crippen molar-refractivity contribution in [3.63, 3.8) is 0 Å². The highest BCUT2D eigenvalue weighted by Gasteiger charge is 2.14. The van der Waals surface area contributed by atoms with Crippen molar-refractivity contribution in [3.05, 3.63) is 22.9 Å². The van der Waals surface area contributed by atoms with Crippen molar-refractivity contribution in [2.75, 3.05) is 24.6 Å². The predicted octanol–water partition coefficient (Wildman–Crippen LogP) is 1.78. The van der Waals surface area contributed by atoms with Crippen LogP contribution in [0, 0.1) is 25.2 Å². The summed E-state index contributed by atoms with van der Waals surface area (Å²) in [6.45, 7) is 7.54. The van der Waals surface area contributed by atoms with Crippen LogP contribution in [0.1, 0.15) is 30.2 Å². The van der Waals surface area contributed by atoms with Gasteiger partial charge < -0.3 is 10.0 Å². The summed E-state index contributed by atoms with van der Waals surface area (Å²) in [6, 6.07) is 4.13. The minimum atomic E-state index is 0.156. The number of aliphatic hydroxyl groups is 1. The van der Waals surface area contributed by atoms with E-state index < -0.39 is 0 Å². The number of pyridine rings is 1. The molecular weight excluding hydrogens is 214 g/mol. The van der Waals surface area contributed by atoms with E-state index in [2.05, 4.69) is 11.1 Å². The van der Waals surface area contributed by atoms with Crippen molar-refractivity contribution in [1.82, 2.24) is 4.98 Å². The van der Waals surface area contributed by atoms with E-state index in [0.29, 0.717) is 12.0 Å². The standard InChI is InChI=1S/C13H19N3O/c1-4-16(6-5-7-17)13-12(9-14)10(2)8-11(3)15-13/h8,17H,4-7H2,1-3H3. The fraction of sp³-hybridized carbons (Fsp3) is 0.538. The van der Waals surface area contributed by atoms with Crippen molar-refractivity contribution in [2.45, 2.75) is 27.2 Å². The molecule has 0 saturated heterocycles. The number of nitriles is 1. The third-order valence-corrected chi connectivity index (χ3v) is 2.70. The zero-order valence-corrected chi connectivity index (χ0v) is 10.7. The van der Waals surface area contributed by atoms with Gasteiger partial charge in [0.25, 0.3) is 0 Å². The van der Waals surface area contributed by atoms with Crippen LogP contribution in [0.25, 0.3) is 0 Å². The Balaban J connectivity index is 3.13. The van der Waals surface area contributed by atoms with E-state index >= 15 is 0 Å². The fourth-order valence-corrected chi connectivity index (χ4v) is 1.86. The summed E-state index contributed by atoms with van der Waals surface area (Å²) in [4.78, 5) is 6.49. The van der Waals surface area contributed by atoms with Gasteiger partial charge in [0, 0.05) is 25.4 Å². The van der Waals surface area contributed by atoms with Gasteiger partial charge in [-0.25, -0.2) is 4.98 Å². The predicted molar refractivity (Wildman–Crippen MR) is 68.0 cm³/mol. The van der Waals surface area contributed by atoms with E-state index in [4.69, 9.17) is 5.11 Å². The number of hydrogen-bond donors (Lipinski definition) is 1. The molecule has 0 unspecified atom stereocenters. The van der Waals surface area contributed by atoms with Crippen LogP contribution < -0.4 is 4.90 Å². The highest BCUT2D eigenvalue weighted by atomic mass is 16.3. The van der Waals surface area contributed by atoms with E-state index in [1.54, 1.807) is 0 Å². The van der Waals surface area contributed by atoms with Crippen LogP contribution in [0.15, 0.2) is 6.07 Å². The van der Waals surface area contributed by atoms with Crippen molar-refractivity contribution >= 4 is 5.82 Å². The summed E-state index contributed by atoms with van der Waals surface area (Å²) >= 11 is 0. The molecule has 4 nitrogen and oxygen atoms in total. The molecule has 4 heteroatoms. The SMILES string of the molecule is CCN(CCCO)c1nc(C)cc(C)c1C#N. The maximum absolute atomic E-state index is 9.19. The number of aromatic nitrogens is 1. The summed E-state index contributed by atoms with van der Waals surface area (Å²) < 4.78 is 0. The second kappa shape index (κ2) is 6.21. The molecule has 0 aromatic carbocycles. The van der Waals surface area contributed by atoms with Crippen LogP contribution in [0.3, 0.4) is 0 Å². The number of hydrogen-bond acceptors (Lipinski definition) is 4. The average Bonchev–Trinajstić information content (AvgIpc) is 2.29. The smallest absolute Gasteiger partial charge is 0.147 e. The lowest BCUT2D eigenvalue weighted by Crippen LogP contribution is -2.27. The molecule has 92 valence electrons. The van der Waals surface area contributed by atoms with E-state index in [9.17, 15) is 5.26 Å². The Kier molecular flexibility index (Phi) is 4.92. The number of aliphatic hydroxyl groups excluding tert-OH is 1. The maximum Gasteiger partial charge on any atom is 0.147 e. The van der Waals surface area contributed by atoms with E-state index in [-0.39, 0.29) is 6.61 Å². The monoisotopic (exact) mass is 233 g/mol. The molecule has 0 atom stereocenters. The van der Waals surface area contributed by atoms with Gasteiger partial charge in [-0.05, 0) is 38.8 Å². The first-order chi connectivity index (χ1) is 8.13. The van der Waals surface area contributed by atoms with Gasteiger partial charge in [-0.2, -0.15) is 5.26 Å². The third-order valence-electron chi connectivity index (χ3n) is 2.70. The molecule has 17 heavy (non-hydrogen) atoms. The highest BCUT2D eigenvalue weighted by molar-refractivity contribution is 5.58. The fourth-order valence-electron chi connectivity index (χ4n) is 1.86. The summed E-state index contributed by atoms with van der Waals surface area (Å²) in [7, 11) is 0. The van der Waals surface area contributed by atoms with Gasteiger partial charge in [-0.15, -0.1) is 0 Å². The number of anilines is 1. The lowest BCUT2D eigenvalue weighted by Gasteiger charge is -2.23. The summed E-state index contributed by atoms with van der Waals surface area (Å²) in [5.41, 5.74) is 2.51. The molecule has 1 aromatic rings. The Hall–Kier alpha value is -1.60. The summed E-state index contributed by atoms with van der Waals surface area (Å²) in [6.07, 6.45) is 0.688. The second-order valence-electron chi connectivity index (χ2n) is 4.05. The third kappa shape index (κ3) is 3.18. The van der Waals surface area contributed by atoms with Crippen molar-refractivity contribution in [3.8, 4) is 6.07 Å². The Bertz CT molecular complexity index is 423. The van der Waals surface area contributed by atoms with Crippen LogP contribution >= 0.6 is 0 Å². The molecule has 0 bridgehead atoms. The van der Waals surface area contributed by atoms with Gasteiger partial charge in [0.2, 0.25) is 0 Å². The first-order valence-electron chi connectivity index (χ1n) is 5.88. The Morgan fingerprint density at radius 2 is 2.18 bits per heavy atom. The van der Waals surface area contributed by atoms with Gasteiger partial charge in [0.1, 0.15) is 11.9 Å². The molecule has 0 saturated carbocycles. The average molecular weight is 233 g/mol. The first-order valence-corrected chi connectivity index (χ1v) is 5.88. The molecule has 1 rings (SSSR count). The Labute approximate surface area is 103 Å². The molecular formula is C13H19N3O. The molecule has 0 aliphatic heterocycles. The van der Waals surface area contributed by atoms with E-state index in [1.807, 2.05) is 31.7 Å². The minimum absolute atomic E-state index is 0.156. The Morgan fingerprint density at radius 3 is 2.71 bits per heavy atom. The van der Waals surface area contributed by atoms with Gasteiger partial charge in [0.05, 0.1) is 5.56 Å². The highest BCUT2D eigenvalue weighted by Crippen LogP contribution is 2.21. The van der Waals surface area contributed by atoms with Gasteiger partial charge in [-0.3, -0.25) is 0 Å². The molecule has 1 heterocycles. The van der Waals surface area contributed by atoms with Crippen molar-refractivity contribution in [2.24, 2.45) is 0 Å². The first kappa shape index (κ1) is 13.5. The molecule has 1 N–H and O–H groups in total. The zero-order valence-electron chi connectivity index (χ0n) is 10.7. The van der Waals surface area contributed by atoms with Crippen LogP contribution in [-0.2, 0) is 0 Å². The van der Waals surface area contributed by atoms with Gasteiger partial charge in [-0.1, -0.05) is 0 Å². The molecule has 0 aliphatic carbocycles. The largest absolute Gasteiger partial charge is 0.396 e. The van der Waals surface area contributed by atoms with Crippen LogP contribution in [-0.4, -0.2) is 29.8 Å². The lowest BCUT2D eigenvalue weighted by molar-refractivity contribution is 0.289. The second-order valence-corrected chi connectivity index (χ2v) is 4.05. The number of rotatable bonds is 5. The van der Waals surface area contributed by atoms with Crippen LogP contribution in [0.5, 0.6) is 0 Å². The summed E-state index contributed by atoms with van der Waals surface area (Å²) in [5.74, 6) is 0.737. The molecule has 0 fully saturated rings. The molecule has 0 radical (unpaired) electrons. The van der Waals surface area contributed by atoms with Crippen LogP contribution in [0.2, 0.25) is 0 Å². The summed E-state index contributed by atoms with van der Waals surface area (Å²) in [5, 5.41) is 18.1. The Morgan fingerprint density at radius 1 is 1.47 bits per heavy atom. The maximum atomic E-state index is 9.19. The molecule has 0 aliphatic rings. The van der Waals surface area contributed by atoms with Gasteiger partial charge in [0.15, 0.2) is 0 Å². The molecule has 1 aromatic heterocycles. The minimum Gasteiger partial charge on any atom is -0.396 e. The zero-order chi connectivity index (χ0) is 12.8. The van der Waals surface area contributed by atoms with Gasteiger partial charge >= 0.3 is 0 Å². The lowest BCUT2D eigenvalue weighted by atomic mass is 10.1. The molecule has 0 spiro atoms. The van der Waals surface area contributed by atoms with Crippen molar-refractivity contribution in [1.29, 1.82) is 5.26 Å². The topological polar surface area (TPSA) is 60.1 Å². The normalized spacial score (nSPS) is 10.1. The van der Waals surface area contributed by atoms with Crippen LogP contribution in [0.4, 0.5) is 5.82 Å². The van der Waals surface area contributed by atoms with Crippen molar-refractivity contribution < 1.29 is 5.11 Å². The molecule has 0 amide bonds. The quantitative estimate of drug-likeness (QED) is 0.842.